The molecule has 2 aromatic heterocycles. The normalized spacial score (nSPS) is 21.9. The molecule has 0 aliphatic carbocycles. The van der Waals surface area contributed by atoms with E-state index in [-0.39, 0.29) is 17.4 Å². The van der Waals surface area contributed by atoms with Gasteiger partial charge in [-0.25, -0.2) is 4.98 Å². The molecule has 1 atom stereocenters. The predicted octanol–water partition coefficient (Wildman–Crippen LogP) is 2.99. The number of nitrogens with one attached hydrogen (secondary N) is 1. The van der Waals surface area contributed by atoms with Crippen LogP contribution in [0.1, 0.15) is 36.9 Å². The highest BCUT2D eigenvalue weighted by Crippen LogP contribution is 2.41. The molecule has 2 fully saturated rings. The van der Waals surface area contributed by atoms with Gasteiger partial charge >= 0.3 is 0 Å². The summed E-state index contributed by atoms with van der Waals surface area (Å²) >= 11 is 0. The Morgan fingerprint density at radius 3 is 2.57 bits per heavy atom. The number of carbonyl (C=O) groups excluding carboxylic acids is 1. The third-order valence-corrected chi connectivity index (χ3v) is 6.47. The molecular weight excluding hydrogens is 348 g/mol. The van der Waals surface area contributed by atoms with Crippen LogP contribution in [0.4, 0.5) is 0 Å². The van der Waals surface area contributed by atoms with Crippen LogP contribution >= 0.6 is 0 Å². The quantitative estimate of drug-likeness (QED) is 0.767. The molecular formula is C23H26N4O. The first-order valence-corrected chi connectivity index (χ1v) is 10.3. The van der Waals surface area contributed by atoms with Crippen molar-refractivity contribution in [2.24, 2.45) is 0 Å². The highest BCUT2D eigenvalue weighted by atomic mass is 16.2. The van der Waals surface area contributed by atoms with Gasteiger partial charge in [-0.3, -0.25) is 4.79 Å². The summed E-state index contributed by atoms with van der Waals surface area (Å²) in [6.07, 6.45) is 8.08. The molecule has 2 aliphatic rings. The van der Waals surface area contributed by atoms with Crippen LogP contribution in [0.15, 0.2) is 60.9 Å². The van der Waals surface area contributed by atoms with Crippen LogP contribution in [0.5, 0.6) is 0 Å². The van der Waals surface area contributed by atoms with E-state index in [0.717, 1.165) is 56.7 Å². The fourth-order valence-corrected chi connectivity index (χ4v) is 4.84. The first kappa shape index (κ1) is 17.4. The average Bonchev–Trinajstić information content (AvgIpc) is 3.44. The topological polar surface area (TPSA) is 49.6 Å². The second kappa shape index (κ2) is 7.06. The summed E-state index contributed by atoms with van der Waals surface area (Å²) in [6, 6.07) is 16.8. The maximum absolute atomic E-state index is 12.9. The Bertz CT molecular complexity index is 933. The zero-order valence-electron chi connectivity index (χ0n) is 16.1. The number of piperidine rings is 1. The van der Waals surface area contributed by atoms with E-state index in [9.17, 15) is 4.79 Å². The lowest BCUT2D eigenvalue weighted by Crippen LogP contribution is -2.50. The van der Waals surface area contributed by atoms with E-state index in [2.05, 4.69) is 57.3 Å². The van der Waals surface area contributed by atoms with Crippen molar-refractivity contribution in [2.75, 3.05) is 19.6 Å². The summed E-state index contributed by atoms with van der Waals surface area (Å²) in [6.45, 7) is 2.51. The Kier molecular flexibility index (Phi) is 4.40. The van der Waals surface area contributed by atoms with Crippen molar-refractivity contribution in [1.82, 2.24) is 19.6 Å². The molecule has 0 bridgehead atoms. The molecule has 1 amide bonds. The van der Waals surface area contributed by atoms with Crippen LogP contribution < -0.4 is 5.32 Å². The Balaban J connectivity index is 1.48. The number of benzene rings is 1. The number of nitrogens with zero attached hydrogens (tertiary/aromatic N) is 3. The maximum atomic E-state index is 12.9. The van der Waals surface area contributed by atoms with Crippen LogP contribution in [0.25, 0.3) is 5.65 Å². The molecule has 5 nitrogen and oxygen atoms in total. The van der Waals surface area contributed by atoms with E-state index in [1.807, 2.05) is 18.2 Å². The van der Waals surface area contributed by atoms with Crippen LogP contribution in [0.3, 0.4) is 0 Å². The number of amides is 1. The largest absolute Gasteiger partial charge is 0.341 e. The van der Waals surface area contributed by atoms with E-state index < -0.39 is 0 Å². The summed E-state index contributed by atoms with van der Waals surface area (Å²) in [5.41, 5.74) is 3.23. The number of aromatic nitrogens is 2. The zero-order chi connectivity index (χ0) is 19.0. The summed E-state index contributed by atoms with van der Waals surface area (Å²) in [7, 11) is 0. The van der Waals surface area contributed by atoms with E-state index in [4.69, 9.17) is 4.98 Å². The minimum atomic E-state index is -0.146. The van der Waals surface area contributed by atoms with Gasteiger partial charge in [-0.05, 0) is 49.9 Å². The fourth-order valence-electron chi connectivity index (χ4n) is 4.84. The van der Waals surface area contributed by atoms with Crippen LogP contribution in [-0.4, -0.2) is 45.9 Å². The summed E-state index contributed by atoms with van der Waals surface area (Å²) < 4.78 is 2.10. The second-order valence-electron chi connectivity index (χ2n) is 8.01. The number of imidazole rings is 1. The summed E-state index contributed by atoms with van der Waals surface area (Å²) in [5.74, 6) is 0.272. The van der Waals surface area contributed by atoms with Gasteiger partial charge in [0.15, 0.2) is 0 Å². The average molecular weight is 374 g/mol. The third-order valence-electron chi connectivity index (χ3n) is 6.47. The second-order valence-corrected chi connectivity index (χ2v) is 8.01. The number of hydrogen-bond donors (Lipinski definition) is 1. The van der Waals surface area contributed by atoms with E-state index in [1.54, 1.807) is 0 Å². The molecule has 1 unspecified atom stereocenters. The molecule has 1 aromatic carbocycles. The van der Waals surface area contributed by atoms with Crippen molar-refractivity contribution in [1.29, 1.82) is 0 Å². The molecule has 5 rings (SSSR count). The number of fused-ring (bicyclic) bond motifs is 1. The van der Waals surface area contributed by atoms with Crippen molar-refractivity contribution < 1.29 is 4.79 Å². The fraction of sp³-hybridized carbons (Fsp3) is 0.391. The number of hydrogen-bond acceptors (Lipinski definition) is 3. The Labute approximate surface area is 165 Å². The molecule has 0 saturated carbocycles. The molecule has 2 saturated heterocycles. The molecule has 144 valence electrons. The van der Waals surface area contributed by atoms with E-state index in [1.165, 1.54) is 5.56 Å². The standard InChI is InChI=1S/C23H26N4O/c28-22(19-9-6-13-24-19)26-15-11-23(12-16-26,18-7-2-1-3-8-18)20-17-27-14-5-4-10-21(27)25-20/h1-5,7-8,10,14,17,19,24H,6,9,11-13,15-16H2. The van der Waals surface area contributed by atoms with Gasteiger partial charge in [0, 0.05) is 30.9 Å². The van der Waals surface area contributed by atoms with Crippen LogP contribution in [0, 0.1) is 0 Å². The lowest BCUT2D eigenvalue weighted by Gasteiger charge is -2.42. The van der Waals surface area contributed by atoms with Gasteiger partial charge in [0.1, 0.15) is 5.65 Å². The molecule has 4 heterocycles. The van der Waals surface area contributed by atoms with Gasteiger partial charge in [0.2, 0.25) is 5.91 Å². The van der Waals surface area contributed by atoms with Gasteiger partial charge in [-0.1, -0.05) is 36.4 Å². The first-order valence-electron chi connectivity index (χ1n) is 10.3. The van der Waals surface area contributed by atoms with Crippen LogP contribution in [-0.2, 0) is 10.2 Å². The Hall–Kier alpha value is -2.66. The van der Waals surface area contributed by atoms with Crippen molar-refractivity contribution in [3.8, 4) is 0 Å². The molecule has 2 aliphatic heterocycles. The molecule has 1 N–H and O–H groups in total. The summed E-state index contributed by atoms with van der Waals surface area (Å²) in [4.78, 5) is 19.9. The SMILES string of the molecule is O=C(C1CCCN1)N1CCC(c2ccccc2)(c2cn3ccccc3n2)CC1. The smallest absolute Gasteiger partial charge is 0.239 e. The Morgan fingerprint density at radius 2 is 1.86 bits per heavy atom. The van der Waals surface area contributed by atoms with Crippen molar-refractivity contribution >= 4 is 11.6 Å². The predicted molar refractivity (Wildman–Crippen MR) is 109 cm³/mol. The van der Waals surface area contributed by atoms with E-state index >= 15 is 0 Å². The lowest BCUT2D eigenvalue weighted by atomic mass is 9.70. The zero-order valence-corrected chi connectivity index (χ0v) is 16.1. The number of likely N-dealkylation sites (tertiary alicyclic amines) is 1. The first-order chi connectivity index (χ1) is 13.8. The van der Waals surface area contributed by atoms with Gasteiger partial charge < -0.3 is 14.6 Å². The number of pyridine rings is 1. The Morgan fingerprint density at radius 1 is 1.07 bits per heavy atom. The number of rotatable bonds is 3. The highest BCUT2D eigenvalue weighted by molar-refractivity contribution is 5.82. The third kappa shape index (κ3) is 2.90. The maximum Gasteiger partial charge on any atom is 0.239 e. The van der Waals surface area contributed by atoms with E-state index in [0.29, 0.717) is 0 Å². The van der Waals surface area contributed by atoms with Crippen molar-refractivity contribution in [2.45, 2.75) is 37.1 Å². The van der Waals surface area contributed by atoms with Crippen molar-refractivity contribution in [3.05, 3.63) is 72.2 Å². The monoisotopic (exact) mass is 374 g/mol. The highest BCUT2D eigenvalue weighted by Gasteiger charge is 2.41. The van der Waals surface area contributed by atoms with Gasteiger partial charge in [0.25, 0.3) is 0 Å². The molecule has 0 radical (unpaired) electrons. The minimum absolute atomic E-state index is 0.0134. The molecule has 28 heavy (non-hydrogen) atoms. The van der Waals surface area contributed by atoms with Crippen LogP contribution in [0.2, 0.25) is 0 Å². The van der Waals surface area contributed by atoms with Gasteiger partial charge in [0.05, 0.1) is 11.7 Å². The molecule has 5 heteroatoms. The van der Waals surface area contributed by atoms with Gasteiger partial charge in [-0.15, -0.1) is 0 Å². The van der Waals surface area contributed by atoms with Crippen molar-refractivity contribution in [3.63, 3.8) is 0 Å². The summed E-state index contributed by atoms with van der Waals surface area (Å²) in [5, 5.41) is 3.35. The lowest BCUT2D eigenvalue weighted by molar-refractivity contribution is -0.134. The molecule has 0 spiro atoms. The minimum Gasteiger partial charge on any atom is -0.341 e. The number of carbonyl (C=O) groups is 1. The van der Waals surface area contributed by atoms with Gasteiger partial charge in [-0.2, -0.15) is 0 Å². The molecule has 3 aromatic rings.